The first-order valence-corrected chi connectivity index (χ1v) is 10.0. The van der Waals surface area contributed by atoms with Crippen LogP contribution < -0.4 is 0 Å². The number of aromatic amines is 2. The van der Waals surface area contributed by atoms with E-state index in [-0.39, 0.29) is 31.0 Å². The van der Waals surface area contributed by atoms with Gasteiger partial charge in [-0.05, 0) is 72.8 Å². The molecule has 5 heterocycles. The molecule has 0 saturated carbocycles. The van der Waals surface area contributed by atoms with E-state index in [4.69, 9.17) is 10.2 Å². The van der Waals surface area contributed by atoms with Gasteiger partial charge in [-0.15, -0.1) is 12.1 Å². The van der Waals surface area contributed by atoms with Gasteiger partial charge in [-0.1, -0.05) is 0 Å². The van der Waals surface area contributed by atoms with Gasteiger partial charge in [0.15, 0.2) is 0 Å². The van der Waals surface area contributed by atoms with Crippen LogP contribution in [-0.4, -0.2) is 30.1 Å². The number of aromatic nitrogens is 4. The van der Waals surface area contributed by atoms with Crippen molar-refractivity contribution in [2.24, 2.45) is 0 Å². The Bertz CT molecular complexity index is 1410. The third-order valence-corrected chi connectivity index (χ3v) is 4.86. The first-order valence-electron chi connectivity index (χ1n) is 10.0. The maximum atomic E-state index is 8.65. The van der Waals surface area contributed by atoms with Crippen molar-refractivity contribution in [2.45, 2.75) is 0 Å². The summed E-state index contributed by atoms with van der Waals surface area (Å²) in [5, 5.41) is 17.3. The average Bonchev–Trinajstić information content (AvgIpc) is 3.57. The van der Waals surface area contributed by atoms with E-state index in [2.05, 4.69) is 56.3 Å². The predicted octanol–water partition coefficient (Wildman–Crippen LogP) is 5.55. The van der Waals surface area contributed by atoms with Crippen molar-refractivity contribution in [2.75, 3.05) is 0 Å². The summed E-state index contributed by atoms with van der Waals surface area (Å²) < 4.78 is 0. The number of hydrogen-bond donors (Lipinski definition) is 4. The van der Waals surface area contributed by atoms with Gasteiger partial charge in [0.25, 0.3) is 0 Å². The van der Waals surface area contributed by atoms with Gasteiger partial charge in [0.05, 0.1) is 22.8 Å². The molecule has 8 bridgehead atoms. The van der Waals surface area contributed by atoms with E-state index in [1.54, 1.807) is 0 Å². The largest absolute Gasteiger partial charge is 0.562 e. The monoisotopic (exact) mass is 483 g/mol. The minimum Gasteiger partial charge on any atom is -0.562 e. The van der Waals surface area contributed by atoms with Crippen molar-refractivity contribution in [1.82, 2.24) is 19.9 Å². The number of hydrogen-bond acceptors (Lipinski definition) is 4. The van der Waals surface area contributed by atoms with E-state index in [9.17, 15) is 0 Å². The second-order valence-electron chi connectivity index (χ2n) is 7.32. The normalized spacial score (nSPS) is 11.4. The molecule has 7 heteroatoms. The smallest absolute Gasteiger partial charge is 0.0659 e. The van der Waals surface area contributed by atoms with Crippen LogP contribution in [0.3, 0.4) is 0 Å². The summed E-state index contributed by atoms with van der Waals surface area (Å²) in [6.07, 6.45) is 8.05. The molecule has 0 amide bonds. The van der Waals surface area contributed by atoms with Gasteiger partial charge in [0, 0.05) is 53.0 Å². The molecule has 4 aromatic rings. The fourth-order valence-electron chi connectivity index (χ4n) is 3.36. The number of nitrogens with zero attached hydrogens (tertiary/aromatic N) is 2. The van der Waals surface area contributed by atoms with Gasteiger partial charge in [0.2, 0.25) is 0 Å². The van der Waals surface area contributed by atoms with Gasteiger partial charge in [0.1, 0.15) is 0 Å². The van der Waals surface area contributed by atoms with Gasteiger partial charge in [-0.25, -0.2) is 9.97 Å². The molecule has 1 aromatic carbocycles. The Balaban J connectivity index is 0.000000247. The van der Waals surface area contributed by atoms with Crippen LogP contribution in [0.4, 0.5) is 0 Å². The zero-order valence-corrected chi connectivity index (χ0v) is 20.6. The average molecular weight is 485 g/mol. The van der Waals surface area contributed by atoms with Gasteiger partial charge >= 0.3 is 0 Å². The Morgan fingerprint density at radius 2 is 1.03 bits per heavy atom. The third kappa shape index (κ3) is 5.46. The fraction of sp³-hybridized carbons (Fsp3) is 0. The van der Waals surface area contributed by atoms with Crippen molar-refractivity contribution >= 4 is 46.4 Å². The molecule has 2 aliphatic heterocycles. The predicted molar refractivity (Wildman–Crippen MR) is 127 cm³/mol. The van der Waals surface area contributed by atoms with Crippen LogP contribution in [0.5, 0.6) is 11.5 Å². The molecule has 4 N–H and O–H groups in total. The van der Waals surface area contributed by atoms with Gasteiger partial charge < -0.3 is 20.2 Å². The summed E-state index contributed by atoms with van der Waals surface area (Å²) in [4.78, 5) is 16.0. The molecule has 6 nitrogen and oxygen atoms in total. The fourth-order valence-corrected chi connectivity index (χ4v) is 3.36. The van der Waals surface area contributed by atoms with E-state index in [1.807, 2.05) is 42.5 Å². The SMILES string of the molecule is C1=Cc2cc3ccc(cc4ccc(cc5nc(cc1n2)C=C5)[nH]4)[nH]3.Oc1c[c-]ccc1O.[Zn]. The third-order valence-electron chi connectivity index (χ3n) is 4.86. The number of phenolic OH excluding ortho intramolecular Hbond substituents is 2. The minimum atomic E-state index is -0.132. The molecule has 158 valence electrons. The summed E-state index contributed by atoms with van der Waals surface area (Å²) in [5.41, 5.74) is 7.86. The molecule has 6 rings (SSSR count). The van der Waals surface area contributed by atoms with Crippen molar-refractivity contribution < 1.29 is 29.7 Å². The van der Waals surface area contributed by atoms with E-state index in [1.165, 1.54) is 18.2 Å². The minimum absolute atomic E-state index is 0. The maximum Gasteiger partial charge on any atom is 0.0659 e. The number of benzene rings is 1. The molecule has 0 fully saturated rings. The van der Waals surface area contributed by atoms with Crippen LogP contribution in [-0.2, 0) is 19.5 Å². The molecule has 0 aliphatic carbocycles. The number of H-pyrrole nitrogens is 2. The molecule has 33 heavy (non-hydrogen) atoms. The van der Waals surface area contributed by atoms with Crippen molar-refractivity contribution in [3.05, 3.63) is 95.6 Å². The zero-order valence-electron chi connectivity index (χ0n) is 17.7. The molecule has 2 aliphatic rings. The van der Waals surface area contributed by atoms with Crippen LogP contribution in [0.2, 0.25) is 0 Å². The molecular weight excluding hydrogens is 466 g/mol. The van der Waals surface area contributed by atoms with Gasteiger partial charge in [-0.2, -0.15) is 12.1 Å². The Hall–Kier alpha value is -3.96. The van der Waals surface area contributed by atoms with E-state index >= 15 is 0 Å². The number of aromatic hydroxyl groups is 2. The molecule has 0 unspecified atom stereocenters. The first-order chi connectivity index (χ1) is 15.6. The van der Waals surface area contributed by atoms with Crippen LogP contribution >= 0.6 is 0 Å². The van der Waals surface area contributed by atoms with E-state index in [0.717, 1.165) is 44.8 Å². The Labute approximate surface area is 202 Å². The van der Waals surface area contributed by atoms with Crippen molar-refractivity contribution in [3.63, 3.8) is 0 Å². The molecule has 3 aromatic heterocycles. The Kier molecular flexibility index (Phi) is 6.52. The van der Waals surface area contributed by atoms with Crippen LogP contribution in [0.1, 0.15) is 22.8 Å². The maximum absolute atomic E-state index is 8.65. The van der Waals surface area contributed by atoms with Crippen LogP contribution in [0.25, 0.3) is 46.4 Å². The van der Waals surface area contributed by atoms with Crippen molar-refractivity contribution in [3.8, 4) is 11.5 Å². The summed E-state index contributed by atoms with van der Waals surface area (Å²) in [5.74, 6) is -0.240. The second kappa shape index (κ2) is 9.67. The Morgan fingerprint density at radius 3 is 1.45 bits per heavy atom. The molecular formula is C26H19N4O2Zn-. The summed E-state index contributed by atoms with van der Waals surface area (Å²) in [6.45, 7) is 0. The zero-order chi connectivity index (χ0) is 21.9. The first kappa shape index (κ1) is 22.2. The van der Waals surface area contributed by atoms with E-state index < -0.39 is 0 Å². The van der Waals surface area contributed by atoms with Crippen LogP contribution in [0, 0.1) is 6.07 Å². The number of fused-ring (bicyclic) bond motifs is 8. The van der Waals surface area contributed by atoms with Crippen LogP contribution in [0.15, 0.2) is 66.7 Å². The molecule has 0 spiro atoms. The molecule has 0 saturated heterocycles. The topological polar surface area (TPSA) is 97.8 Å². The summed E-state index contributed by atoms with van der Waals surface area (Å²) >= 11 is 0. The van der Waals surface area contributed by atoms with Crippen molar-refractivity contribution in [1.29, 1.82) is 0 Å². The number of nitrogens with one attached hydrogen (secondary N) is 2. The molecule has 0 radical (unpaired) electrons. The quantitative estimate of drug-likeness (QED) is 0.129. The Morgan fingerprint density at radius 1 is 0.576 bits per heavy atom. The van der Waals surface area contributed by atoms with Gasteiger partial charge in [-0.3, -0.25) is 0 Å². The second-order valence-corrected chi connectivity index (χ2v) is 7.32. The summed E-state index contributed by atoms with van der Waals surface area (Å²) in [7, 11) is 0. The number of phenols is 2. The number of rotatable bonds is 0. The van der Waals surface area contributed by atoms with E-state index in [0.29, 0.717) is 0 Å². The summed E-state index contributed by atoms with van der Waals surface area (Å²) in [6, 6.07) is 23.2. The molecule has 0 atom stereocenters. The standard InChI is InChI=1S/C20H14N4.C6H5O2.Zn/c1-2-14-10-16-5-6-18(23-16)12-20-8-7-19(24-20)11-17-4-3-15(22-17)9-13(1)21-14;7-5-3-1-2-4-6(5)8;/h1-12,21-22H;1,3-4,7-8H;/q;-1;.